The first kappa shape index (κ1) is 22.0. The molecule has 1 aliphatic heterocycles. The minimum Gasteiger partial charge on any atom is -0.364 e. The first-order chi connectivity index (χ1) is 15.1. The topological polar surface area (TPSA) is 98.3 Å². The van der Waals surface area contributed by atoms with Gasteiger partial charge in [0.05, 0.1) is 11.6 Å². The Labute approximate surface area is 200 Å². The van der Waals surface area contributed by atoms with Crippen LogP contribution in [-0.4, -0.2) is 48.7 Å². The number of carbonyl (C=O) groups excluding carboxylic acids is 3. The van der Waals surface area contributed by atoms with Crippen molar-refractivity contribution in [1.82, 2.24) is 14.7 Å². The third-order valence-electron chi connectivity index (χ3n) is 7.08. The van der Waals surface area contributed by atoms with Crippen LogP contribution in [0.4, 0.5) is 0 Å². The zero-order valence-electron chi connectivity index (χ0n) is 17.4. The number of Topliss-reactive ketones (excluding diaryl/α,β-unsaturated/α-hetero) is 1. The molecule has 5 rings (SSSR count). The van der Waals surface area contributed by atoms with Crippen LogP contribution in [0.2, 0.25) is 5.02 Å². The number of hydrogen-bond acceptors (Lipinski definition) is 4. The second kappa shape index (κ2) is 7.61. The molecule has 2 heterocycles. The van der Waals surface area contributed by atoms with Crippen molar-refractivity contribution in [3.63, 3.8) is 0 Å². The zero-order valence-corrected chi connectivity index (χ0v) is 19.7. The Hall–Kier alpha value is -1.83. The van der Waals surface area contributed by atoms with Crippen LogP contribution in [0.3, 0.4) is 0 Å². The van der Waals surface area contributed by atoms with E-state index in [-0.39, 0.29) is 41.8 Å². The Morgan fingerprint density at radius 1 is 1.28 bits per heavy atom. The van der Waals surface area contributed by atoms with Gasteiger partial charge in [-0.15, -0.1) is 23.2 Å². The molecule has 1 saturated heterocycles. The second-order valence-corrected chi connectivity index (χ2v) is 11.3. The van der Waals surface area contributed by atoms with Gasteiger partial charge < -0.3 is 10.6 Å². The highest BCUT2D eigenvalue weighted by molar-refractivity contribution is 6.50. The van der Waals surface area contributed by atoms with Gasteiger partial charge in [-0.1, -0.05) is 18.5 Å². The van der Waals surface area contributed by atoms with Gasteiger partial charge in [0.25, 0.3) is 5.91 Å². The number of nitrogens with zero attached hydrogens (tertiary/aromatic N) is 3. The summed E-state index contributed by atoms with van der Waals surface area (Å²) in [5.41, 5.74) is 6.11. The molecule has 7 nitrogen and oxygen atoms in total. The van der Waals surface area contributed by atoms with Crippen LogP contribution in [-0.2, 0) is 16.1 Å². The summed E-state index contributed by atoms with van der Waals surface area (Å²) in [5, 5.41) is 5.27. The van der Waals surface area contributed by atoms with Crippen molar-refractivity contribution in [2.75, 3.05) is 0 Å². The first-order valence-electron chi connectivity index (χ1n) is 10.7. The van der Waals surface area contributed by atoms with Crippen molar-refractivity contribution in [1.29, 1.82) is 0 Å². The van der Waals surface area contributed by atoms with E-state index in [2.05, 4.69) is 5.10 Å². The van der Waals surface area contributed by atoms with Crippen LogP contribution >= 0.6 is 34.8 Å². The molecule has 10 heteroatoms. The molecule has 0 unspecified atom stereocenters. The summed E-state index contributed by atoms with van der Waals surface area (Å²) < 4.78 is 0.719. The third kappa shape index (κ3) is 3.78. The van der Waals surface area contributed by atoms with Crippen LogP contribution in [0.15, 0.2) is 18.2 Å². The molecule has 2 saturated carbocycles. The largest absolute Gasteiger partial charge is 0.364 e. The van der Waals surface area contributed by atoms with Crippen LogP contribution < -0.4 is 5.73 Å². The molecule has 2 aromatic rings. The molecular formula is C22H23Cl3N4O3. The number of piperidine rings is 1. The molecule has 1 aromatic carbocycles. The summed E-state index contributed by atoms with van der Waals surface area (Å²) in [7, 11) is 0. The molecule has 3 aliphatic rings. The maximum absolute atomic E-state index is 13.3. The van der Waals surface area contributed by atoms with Gasteiger partial charge in [-0.2, -0.15) is 5.10 Å². The second-order valence-electron chi connectivity index (χ2n) is 9.37. The van der Waals surface area contributed by atoms with E-state index in [0.717, 1.165) is 6.42 Å². The molecule has 0 spiro atoms. The lowest BCUT2D eigenvalue weighted by Crippen LogP contribution is -2.45. The van der Waals surface area contributed by atoms with Gasteiger partial charge in [-0.05, 0) is 55.2 Å². The Balaban J connectivity index is 1.35. The maximum atomic E-state index is 13.3. The molecule has 1 aromatic heterocycles. The lowest BCUT2D eigenvalue weighted by atomic mass is 9.94. The van der Waals surface area contributed by atoms with Crippen LogP contribution in [0.5, 0.6) is 0 Å². The number of benzene rings is 1. The fraction of sp³-hybridized carbons (Fsp3) is 0.545. The van der Waals surface area contributed by atoms with E-state index in [9.17, 15) is 14.4 Å². The number of nitrogens with two attached hydrogens (primary N) is 1. The maximum Gasteiger partial charge on any atom is 0.269 e. The SMILES string of the molecule is C[C@@H](CC(=O)[C@@H]1C[C@H]2C[C@H]2N1C(=O)Cn1nc(C(N)=O)c2ccc(Cl)cc21)[C@H]1CC1(Cl)Cl. The molecule has 2 aliphatic carbocycles. The number of hydrogen-bond donors (Lipinski definition) is 1. The minimum atomic E-state index is -0.729. The number of likely N-dealkylation sites (tertiary alicyclic amines) is 1. The average molecular weight is 498 g/mol. The van der Waals surface area contributed by atoms with Crippen molar-refractivity contribution < 1.29 is 14.4 Å². The summed E-state index contributed by atoms with van der Waals surface area (Å²) in [6.07, 6.45) is 2.66. The fourth-order valence-electron chi connectivity index (χ4n) is 5.21. The van der Waals surface area contributed by atoms with Crippen LogP contribution in [0.25, 0.3) is 10.9 Å². The first-order valence-corrected chi connectivity index (χ1v) is 11.9. The smallest absolute Gasteiger partial charge is 0.269 e. The third-order valence-corrected chi connectivity index (χ3v) is 8.18. The number of carbonyl (C=O) groups is 3. The number of alkyl halides is 2. The molecule has 3 fully saturated rings. The predicted molar refractivity (Wildman–Crippen MR) is 122 cm³/mol. The van der Waals surface area contributed by atoms with Crippen molar-refractivity contribution in [3.05, 3.63) is 28.9 Å². The number of aromatic nitrogens is 2. The normalized spacial score (nSPS) is 28.4. The molecule has 32 heavy (non-hydrogen) atoms. The highest BCUT2D eigenvalue weighted by Gasteiger charge is 2.57. The lowest BCUT2D eigenvalue weighted by molar-refractivity contribution is -0.139. The summed E-state index contributed by atoms with van der Waals surface area (Å²) in [5.74, 6) is -0.265. The lowest BCUT2D eigenvalue weighted by Gasteiger charge is -2.27. The van der Waals surface area contributed by atoms with Crippen molar-refractivity contribution in [2.45, 2.75) is 55.6 Å². The standard InChI is InChI=1S/C22H23Cl3N4O3/c1-10(14-8-22(14,24)25)4-18(30)17-6-11-5-15(11)29(17)19(31)9-28-16-7-12(23)2-3-13(16)20(27-28)21(26)32/h2-3,7,10-11,14-15,17H,4-6,8-9H2,1H3,(H2,26,32)/t10-,11+,14+,15+,17-/m0/s1. The minimum absolute atomic E-state index is 0.0558. The highest BCUT2D eigenvalue weighted by Crippen LogP contribution is 2.58. The van der Waals surface area contributed by atoms with Crippen LogP contribution in [0, 0.1) is 17.8 Å². The number of rotatable bonds is 7. The van der Waals surface area contributed by atoms with E-state index in [1.54, 1.807) is 23.1 Å². The molecule has 2 N–H and O–H groups in total. The molecule has 2 amide bonds. The van der Waals surface area contributed by atoms with Gasteiger partial charge in [0.15, 0.2) is 11.5 Å². The predicted octanol–water partition coefficient (Wildman–Crippen LogP) is 3.57. The number of fused-ring (bicyclic) bond motifs is 2. The van der Waals surface area contributed by atoms with E-state index >= 15 is 0 Å². The Bertz CT molecular complexity index is 1150. The van der Waals surface area contributed by atoms with E-state index in [1.165, 1.54) is 4.68 Å². The van der Waals surface area contributed by atoms with Gasteiger partial charge in [-0.3, -0.25) is 19.1 Å². The zero-order chi connectivity index (χ0) is 22.9. The summed E-state index contributed by atoms with van der Waals surface area (Å²) >= 11 is 18.5. The fourth-order valence-corrected chi connectivity index (χ4v) is 6.14. The number of halogens is 3. The quantitative estimate of drug-likeness (QED) is 0.591. The average Bonchev–Trinajstić information content (AvgIpc) is 3.52. The number of ketones is 1. The van der Waals surface area contributed by atoms with Crippen molar-refractivity contribution in [3.8, 4) is 0 Å². The molecule has 0 radical (unpaired) electrons. The van der Waals surface area contributed by atoms with E-state index in [4.69, 9.17) is 40.5 Å². The van der Waals surface area contributed by atoms with E-state index < -0.39 is 16.3 Å². The van der Waals surface area contributed by atoms with Gasteiger partial charge >= 0.3 is 0 Å². The number of amides is 2. The molecule has 5 atom stereocenters. The van der Waals surface area contributed by atoms with E-state index in [1.807, 2.05) is 6.92 Å². The van der Waals surface area contributed by atoms with Crippen LogP contribution in [0.1, 0.15) is 43.1 Å². The monoisotopic (exact) mass is 496 g/mol. The van der Waals surface area contributed by atoms with Gasteiger partial charge in [0.2, 0.25) is 5.91 Å². The molecule has 0 bridgehead atoms. The summed E-state index contributed by atoms with van der Waals surface area (Å²) in [6.45, 7) is 1.89. The number of primary amides is 1. The van der Waals surface area contributed by atoms with Gasteiger partial charge in [0, 0.05) is 22.9 Å². The molecule has 170 valence electrons. The summed E-state index contributed by atoms with van der Waals surface area (Å²) in [4.78, 5) is 40.0. The Morgan fingerprint density at radius 2 is 2.00 bits per heavy atom. The highest BCUT2D eigenvalue weighted by atomic mass is 35.5. The summed E-state index contributed by atoms with van der Waals surface area (Å²) in [6, 6.07) is 4.61. The van der Waals surface area contributed by atoms with Crippen molar-refractivity contribution >= 4 is 63.3 Å². The Morgan fingerprint density at radius 3 is 2.66 bits per heavy atom. The van der Waals surface area contributed by atoms with Gasteiger partial charge in [0.1, 0.15) is 10.9 Å². The van der Waals surface area contributed by atoms with Gasteiger partial charge in [-0.25, -0.2) is 0 Å². The van der Waals surface area contributed by atoms with Crippen molar-refractivity contribution in [2.24, 2.45) is 23.5 Å². The molecular weight excluding hydrogens is 475 g/mol. The van der Waals surface area contributed by atoms with E-state index in [0.29, 0.717) is 41.1 Å². The Kier molecular flexibility index (Phi) is 5.23.